The Morgan fingerprint density at radius 2 is 2.27 bits per heavy atom. The maximum absolute atomic E-state index is 13.0. The van der Waals surface area contributed by atoms with Gasteiger partial charge in [-0.2, -0.15) is 0 Å². The third-order valence-electron chi connectivity index (χ3n) is 1.85. The molecule has 0 bridgehead atoms. The molecule has 1 atom stereocenters. The van der Waals surface area contributed by atoms with Gasteiger partial charge in [0.1, 0.15) is 17.6 Å². The number of aliphatic carboxylic acids is 1. The second kappa shape index (κ2) is 4.46. The van der Waals surface area contributed by atoms with Gasteiger partial charge in [0.15, 0.2) is 0 Å². The predicted molar refractivity (Wildman–Crippen MR) is 52.5 cm³/mol. The molecule has 0 amide bonds. The maximum atomic E-state index is 13.0. The van der Waals surface area contributed by atoms with E-state index in [4.69, 9.17) is 27.2 Å². The van der Waals surface area contributed by atoms with Crippen LogP contribution in [0.4, 0.5) is 4.39 Å². The number of benzene rings is 1. The summed E-state index contributed by atoms with van der Waals surface area (Å²) in [5.74, 6) is -1.88. The van der Waals surface area contributed by atoms with Gasteiger partial charge in [0, 0.05) is 11.6 Å². The van der Waals surface area contributed by atoms with Crippen molar-refractivity contribution in [2.24, 2.45) is 5.73 Å². The Morgan fingerprint density at radius 3 is 2.73 bits per heavy atom. The number of methoxy groups -OCH3 is 1. The summed E-state index contributed by atoms with van der Waals surface area (Å²) >= 11 is 5.78. The molecule has 0 saturated carbocycles. The van der Waals surface area contributed by atoms with E-state index >= 15 is 0 Å². The monoisotopic (exact) mass is 233 g/mol. The summed E-state index contributed by atoms with van der Waals surface area (Å²) in [6.45, 7) is 0. The average molecular weight is 234 g/mol. The Bertz CT molecular complexity index is 397. The van der Waals surface area contributed by atoms with Crippen LogP contribution in [0.1, 0.15) is 11.6 Å². The van der Waals surface area contributed by atoms with Crippen LogP contribution in [0.3, 0.4) is 0 Å². The Labute approximate surface area is 90.4 Å². The molecule has 1 rings (SSSR count). The Hall–Kier alpha value is -1.33. The van der Waals surface area contributed by atoms with E-state index in [-0.39, 0.29) is 16.3 Å². The van der Waals surface area contributed by atoms with Gasteiger partial charge in [-0.3, -0.25) is 4.79 Å². The van der Waals surface area contributed by atoms with Crippen molar-refractivity contribution >= 4 is 17.6 Å². The number of ether oxygens (including phenoxy) is 1. The molecule has 0 aliphatic rings. The number of rotatable bonds is 3. The van der Waals surface area contributed by atoms with Gasteiger partial charge >= 0.3 is 5.97 Å². The molecule has 0 aliphatic heterocycles. The third-order valence-corrected chi connectivity index (χ3v) is 2.26. The molecular weight excluding hydrogens is 225 g/mol. The molecule has 0 fully saturated rings. The summed E-state index contributed by atoms with van der Waals surface area (Å²) in [5, 5.41) is 8.68. The minimum Gasteiger partial charge on any atom is -0.495 e. The first-order chi connectivity index (χ1) is 6.97. The average Bonchev–Trinajstić information content (AvgIpc) is 2.19. The standard InChI is InChI=1S/C9H9ClFNO3/c1-15-6-3-4(11)2-5(7(6)10)8(12)9(13)14/h2-3,8H,12H2,1H3,(H,13,14). The van der Waals surface area contributed by atoms with E-state index in [0.717, 1.165) is 12.1 Å². The lowest BCUT2D eigenvalue weighted by Crippen LogP contribution is -2.21. The molecule has 0 aromatic heterocycles. The predicted octanol–water partition coefficient (Wildman–Crippen LogP) is 1.57. The highest BCUT2D eigenvalue weighted by atomic mass is 35.5. The number of nitrogens with two attached hydrogens (primary N) is 1. The van der Waals surface area contributed by atoms with E-state index in [1.54, 1.807) is 0 Å². The fourth-order valence-corrected chi connectivity index (χ4v) is 1.40. The summed E-state index contributed by atoms with van der Waals surface area (Å²) in [6, 6.07) is 0.659. The number of halogens is 2. The zero-order chi connectivity index (χ0) is 11.6. The Kier molecular flexibility index (Phi) is 3.49. The lowest BCUT2D eigenvalue weighted by molar-refractivity contribution is -0.138. The van der Waals surface area contributed by atoms with Crippen LogP contribution in [0.2, 0.25) is 5.02 Å². The quantitative estimate of drug-likeness (QED) is 0.831. The molecule has 0 radical (unpaired) electrons. The third kappa shape index (κ3) is 2.37. The number of carboxylic acids is 1. The van der Waals surface area contributed by atoms with Crippen molar-refractivity contribution in [2.75, 3.05) is 7.11 Å². The van der Waals surface area contributed by atoms with Crippen LogP contribution in [0.5, 0.6) is 5.75 Å². The van der Waals surface area contributed by atoms with Gasteiger partial charge in [-0.15, -0.1) is 0 Å². The summed E-state index contributed by atoms with van der Waals surface area (Å²) in [4.78, 5) is 10.6. The normalized spacial score (nSPS) is 12.3. The van der Waals surface area contributed by atoms with Crippen molar-refractivity contribution in [1.29, 1.82) is 0 Å². The summed E-state index contributed by atoms with van der Waals surface area (Å²) in [5.41, 5.74) is 5.31. The highest BCUT2D eigenvalue weighted by molar-refractivity contribution is 6.33. The maximum Gasteiger partial charge on any atom is 0.325 e. The second-order valence-corrected chi connectivity index (χ2v) is 3.21. The van der Waals surface area contributed by atoms with Gasteiger partial charge < -0.3 is 15.6 Å². The highest BCUT2D eigenvalue weighted by Crippen LogP contribution is 2.32. The number of hydrogen-bond acceptors (Lipinski definition) is 3. The van der Waals surface area contributed by atoms with Crippen molar-refractivity contribution < 1.29 is 19.0 Å². The van der Waals surface area contributed by atoms with Gasteiger partial charge in [0.25, 0.3) is 0 Å². The molecule has 0 spiro atoms. The SMILES string of the molecule is COc1cc(F)cc(C(N)C(=O)O)c1Cl. The molecule has 4 nitrogen and oxygen atoms in total. The number of hydrogen-bond donors (Lipinski definition) is 2. The van der Waals surface area contributed by atoms with Crippen LogP contribution in [-0.4, -0.2) is 18.2 Å². The lowest BCUT2D eigenvalue weighted by Gasteiger charge is -2.12. The number of carbonyl (C=O) groups is 1. The largest absolute Gasteiger partial charge is 0.495 e. The van der Waals surface area contributed by atoms with Gasteiger partial charge in [-0.05, 0) is 6.07 Å². The van der Waals surface area contributed by atoms with E-state index in [0.29, 0.717) is 0 Å². The fourth-order valence-electron chi connectivity index (χ4n) is 1.09. The van der Waals surface area contributed by atoms with Crippen LogP contribution >= 0.6 is 11.6 Å². The van der Waals surface area contributed by atoms with E-state index in [1.807, 2.05) is 0 Å². The van der Waals surface area contributed by atoms with Crippen molar-refractivity contribution in [2.45, 2.75) is 6.04 Å². The van der Waals surface area contributed by atoms with Gasteiger partial charge in [0.05, 0.1) is 12.1 Å². The van der Waals surface area contributed by atoms with E-state index < -0.39 is 17.8 Å². The molecule has 0 aliphatic carbocycles. The minimum atomic E-state index is -1.37. The first kappa shape index (κ1) is 11.7. The summed E-state index contributed by atoms with van der Waals surface area (Å²) < 4.78 is 17.8. The van der Waals surface area contributed by atoms with Crippen molar-refractivity contribution in [3.8, 4) is 5.75 Å². The van der Waals surface area contributed by atoms with Crippen LogP contribution in [0.25, 0.3) is 0 Å². The van der Waals surface area contributed by atoms with E-state index in [9.17, 15) is 9.18 Å². The first-order valence-corrected chi connectivity index (χ1v) is 4.36. The molecule has 3 N–H and O–H groups in total. The van der Waals surface area contributed by atoms with Crippen molar-refractivity contribution in [3.05, 3.63) is 28.5 Å². The molecule has 15 heavy (non-hydrogen) atoms. The molecule has 1 unspecified atom stereocenters. The smallest absolute Gasteiger partial charge is 0.325 e. The van der Waals surface area contributed by atoms with Crippen molar-refractivity contribution in [3.63, 3.8) is 0 Å². The van der Waals surface area contributed by atoms with Gasteiger partial charge in [-0.25, -0.2) is 4.39 Å². The highest BCUT2D eigenvalue weighted by Gasteiger charge is 2.21. The topological polar surface area (TPSA) is 72.5 Å². The Balaban J connectivity index is 3.28. The first-order valence-electron chi connectivity index (χ1n) is 3.98. The molecule has 1 aromatic carbocycles. The summed E-state index contributed by atoms with van der Waals surface area (Å²) in [6.07, 6.45) is 0. The lowest BCUT2D eigenvalue weighted by atomic mass is 10.1. The van der Waals surface area contributed by atoms with Crippen LogP contribution in [0.15, 0.2) is 12.1 Å². The molecule has 6 heteroatoms. The zero-order valence-electron chi connectivity index (χ0n) is 7.83. The Morgan fingerprint density at radius 1 is 1.67 bits per heavy atom. The number of carboxylic acid groups (broad SMARTS) is 1. The van der Waals surface area contributed by atoms with Crippen LogP contribution in [-0.2, 0) is 4.79 Å². The molecule has 1 aromatic rings. The molecule has 0 heterocycles. The van der Waals surface area contributed by atoms with Gasteiger partial charge in [0.2, 0.25) is 0 Å². The molecule has 82 valence electrons. The van der Waals surface area contributed by atoms with Crippen LogP contribution in [0, 0.1) is 5.82 Å². The van der Waals surface area contributed by atoms with Crippen LogP contribution < -0.4 is 10.5 Å². The van der Waals surface area contributed by atoms with Crippen molar-refractivity contribution in [1.82, 2.24) is 0 Å². The van der Waals surface area contributed by atoms with E-state index in [1.165, 1.54) is 7.11 Å². The van der Waals surface area contributed by atoms with Gasteiger partial charge in [-0.1, -0.05) is 11.6 Å². The fraction of sp³-hybridized carbons (Fsp3) is 0.222. The van der Waals surface area contributed by atoms with E-state index in [2.05, 4.69) is 0 Å². The minimum absolute atomic E-state index is 0.00815. The summed E-state index contributed by atoms with van der Waals surface area (Å²) in [7, 11) is 1.30. The zero-order valence-corrected chi connectivity index (χ0v) is 8.58. The molecular formula is C9H9ClFNO3. The second-order valence-electron chi connectivity index (χ2n) is 2.83. The molecule has 0 saturated heterocycles.